The van der Waals surface area contributed by atoms with Crippen molar-refractivity contribution < 1.29 is 5.21 Å². The number of hydrogen-bond acceptors (Lipinski definition) is 3. The predicted octanol–water partition coefficient (Wildman–Crippen LogP) is 0.226. The molecular weight excluding hydrogens is 96.0 g/mol. The van der Waals surface area contributed by atoms with Crippen LogP contribution in [0.5, 0.6) is 0 Å². The van der Waals surface area contributed by atoms with Crippen LogP contribution < -0.4 is 0 Å². The molecule has 0 unspecified atom stereocenters. The Labute approximate surface area is 39.1 Å². The van der Waals surface area contributed by atoms with Gasteiger partial charge in [0.2, 0.25) is 0 Å². The molecule has 0 radical (unpaired) electrons. The molecule has 0 aromatic rings. The summed E-state index contributed by atoms with van der Waals surface area (Å²) in [5, 5.41) is 17.1. The zero-order chi connectivity index (χ0) is 5.11. The highest BCUT2D eigenvalue weighted by atomic mass is 16.4. The Morgan fingerprint density at radius 1 is 1.71 bits per heavy atom. The minimum Gasteiger partial charge on any atom is -0.408 e. The van der Waals surface area contributed by atoms with Gasteiger partial charge >= 0.3 is 5.96 Å². The highest BCUT2D eigenvalue weighted by molar-refractivity contribution is 5.90. The minimum absolute atomic E-state index is 0.000000000000000222. The fourth-order valence-corrected chi connectivity index (χ4v) is 0.227. The van der Waals surface area contributed by atoms with Crippen molar-refractivity contribution >= 4 is 12.3 Å². The van der Waals surface area contributed by atoms with E-state index in [1.165, 1.54) is 6.34 Å². The van der Waals surface area contributed by atoms with Gasteiger partial charge in [0.15, 0.2) is 0 Å². The van der Waals surface area contributed by atoms with Gasteiger partial charge in [-0.1, -0.05) is 0 Å². The molecule has 1 N–H and O–H groups in total. The van der Waals surface area contributed by atoms with Crippen LogP contribution >= 0.6 is 0 Å². The molecule has 1 aliphatic heterocycles. The van der Waals surface area contributed by atoms with Crippen LogP contribution in [-0.2, 0) is 0 Å². The number of guanidine groups is 1. The average Bonchev–Trinajstić information content (AvgIpc) is 2.14. The second-order valence-corrected chi connectivity index (χ2v) is 0.860. The number of aliphatic imine (C=N–C) groups is 1. The quantitative estimate of drug-likeness (QED) is 0.342. The smallest absolute Gasteiger partial charge is 0.305 e. The topological polar surface area (TPSA) is 69.7 Å². The standard InChI is InChI=1S/C2H2N4O/c7-6-2-3-1-4-5-2/h1,7H. The molecule has 0 spiro atoms. The first-order chi connectivity index (χ1) is 3.43. The third-order valence-corrected chi connectivity index (χ3v) is 0.461. The van der Waals surface area contributed by atoms with Crippen molar-refractivity contribution in [1.82, 2.24) is 0 Å². The molecule has 1 heterocycles. The molecule has 0 amide bonds. The lowest BCUT2D eigenvalue weighted by atomic mass is 11.1. The molecule has 5 nitrogen and oxygen atoms in total. The van der Waals surface area contributed by atoms with Gasteiger partial charge in [-0.25, -0.2) is 0 Å². The second-order valence-electron chi connectivity index (χ2n) is 0.860. The van der Waals surface area contributed by atoms with Crippen LogP contribution in [0.4, 0.5) is 0 Å². The van der Waals surface area contributed by atoms with Gasteiger partial charge in [-0.15, -0.1) is 10.2 Å². The SMILES string of the molecule is ON=C1N=CN=N1. The fourth-order valence-electron chi connectivity index (χ4n) is 0.227. The molecule has 0 bridgehead atoms. The molecule has 7 heavy (non-hydrogen) atoms. The highest BCUT2D eigenvalue weighted by Gasteiger charge is 1.93. The third-order valence-electron chi connectivity index (χ3n) is 0.461. The molecular formula is C2H2N4O. The van der Waals surface area contributed by atoms with E-state index in [1.54, 1.807) is 0 Å². The number of hydrogen-bond donors (Lipinski definition) is 1. The van der Waals surface area contributed by atoms with E-state index in [0.29, 0.717) is 0 Å². The molecule has 0 saturated carbocycles. The van der Waals surface area contributed by atoms with Gasteiger partial charge in [-0.3, -0.25) is 0 Å². The van der Waals surface area contributed by atoms with E-state index in [4.69, 9.17) is 5.21 Å². The number of rotatable bonds is 0. The van der Waals surface area contributed by atoms with Gasteiger partial charge in [0.25, 0.3) is 0 Å². The van der Waals surface area contributed by atoms with Crippen molar-refractivity contribution in [2.75, 3.05) is 0 Å². The van der Waals surface area contributed by atoms with Crippen LogP contribution in [-0.4, -0.2) is 17.5 Å². The van der Waals surface area contributed by atoms with E-state index in [0.717, 1.165) is 0 Å². The van der Waals surface area contributed by atoms with Crippen LogP contribution in [0, 0.1) is 0 Å². The largest absolute Gasteiger partial charge is 0.408 e. The maximum atomic E-state index is 7.89. The lowest BCUT2D eigenvalue weighted by Crippen LogP contribution is -1.79. The van der Waals surface area contributed by atoms with E-state index < -0.39 is 0 Å². The first-order valence-electron chi connectivity index (χ1n) is 1.59. The summed E-state index contributed by atoms with van der Waals surface area (Å²) in [5.41, 5.74) is 0. The van der Waals surface area contributed by atoms with Crippen LogP contribution in [0.3, 0.4) is 0 Å². The minimum atomic E-state index is 0.000000000000000222. The number of nitrogens with zero attached hydrogens (tertiary/aromatic N) is 4. The zero-order valence-corrected chi connectivity index (χ0v) is 3.31. The van der Waals surface area contributed by atoms with Crippen LogP contribution in [0.25, 0.3) is 0 Å². The summed E-state index contributed by atoms with van der Waals surface area (Å²) in [7, 11) is 0. The molecule has 0 aromatic carbocycles. The summed E-state index contributed by atoms with van der Waals surface area (Å²) < 4.78 is 0. The van der Waals surface area contributed by atoms with E-state index >= 15 is 0 Å². The summed E-state index contributed by atoms with van der Waals surface area (Å²) in [6, 6.07) is 0. The molecule has 1 aliphatic rings. The molecule has 0 saturated heterocycles. The lowest BCUT2D eigenvalue weighted by Gasteiger charge is -1.71. The Kier molecular flexibility index (Phi) is 0.816. The second kappa shape index (κ2) is 1.46. The Hall–Kier alpha value is -1.26. The van der Waals surface area contributed by atoms with Crippen molar-refractivity contribution in [1.29, 1.82) is 0 Å². The van der Waals surface area contributed by atoms with E-state index in [9.17, 15) is 0 Å². The normalized spacial score (nSPS) is 22.0. The number of oxime groups is 1. The molecule has 0 aliphatic carbocycles. The van der Waals surface area contributed by atoms with E-state index in [1.807, 2.05) is 0 Å². The van der Waals surface area contributed by atoms with Gasteiger partial charge < -0.3 is 5.21 Å². The van der Waals surface area contributed by atoms with E-state index in [2.05, 4.69) is 20.4 Å². The van der Waals surface area contributed by atoms with Gasteiger partial charge in [0.1, 0.15) is 6.34 Å². The van der Waals surface area contributed by atoms with Crippen molar-refractivity contribution in [3.63, 3.8) is 0 Å². The van der Waals surface area contributed by atoms with Gasteiger partial charge in [-0.05, 0) is 5.16 Å². The Morgan fingerprint density at radius 3 is 2.86 bits per heavy atom. The van der Waals surface area contributed by atoms with Crippen molar-refractivity contribution in [2.45, 2.75) is 0 Å². The van der Waals surface area contributed by atoms with Gasteiger partial charge in [-0.2, -0.15) is 4.99 Å². The summed E-state index contributed by atoms with van der Waals surface area (Å²) >= 11 is 0. The highest BCUT2D eigenvalue weighted by Crippen LogP contribution is 1.88. The first-order valence-corrected chi connectivity index (χ1v) is 1.59. The Bertz CT molecular complexity index is 132. The summed E-state index contributed by atoms with van der Waals surface area (Å²) in [4.78, 5) is 3.40. The number of azo groups is 1. The molecule has 0 aromatic heterocycles. The third kappa shape index (κ3) is 0.594. The molecule has 5 heteroatoms. The Morgan fingerprint density at radius 2 is 2.57 bits per heavy atom. The van der Waals surface area contributed by atoms with Crippen LogP contribution in [0.2, 0.25) is 0 Å². The average molecular weight is 98.1 g/mol. The van der Waals surface area contributed by atoms with Crippen LogP contribution in [0.1, 0.15) is 0 Å². The molecule has 0 atom stereocenters. The first kappa shape index (κ1) is 3.91. The van der Waals surface area contributed by atoms with Gasteiger partial charge in [0.05, 0.1) is 0 Å². The monoisotopic (exact) mass is 98.0 g/mol. The predicted molar refractivity (Wildman–Crippen MR) is 22.6 cm³/mol. The summed E-state index contributed by atoms with van der Waals surface area (Å²) in [5.74, 6) is 0.000000000000000222. The molecule has 36 valence electrons. The van der Waals surface area contributed by atoms with Crippen LogP contribution in [0.15, 0.2) is 20.4 Å². The maximum Gasteiger partial charge on any atom is 0.305 e. The molecule has 0 fully saturated rings. The fraction of sp³-hybridized carbons (Fsp3) is 0. The van der Waals surface area contributed by atoms with Crippen molar-refractivity contribution in [3.8, 4) is 0 Å². The maximum absolute atomic E-state index is 7.89. The van der Waals surface area contributed by atoms with Crippen molar-refractivity contribution in [2.24, 2.45) is 20.4 Å². The Balaban J connectivity index is 2.79. The van der Waals surface area contributed by atoms with Crippen molar-refractivity contribution in [3.05, 3.63) is 0 Å². The zero-order valence-electron chi connectivity index (χ0n) is 3.31. The lowest BCUT2D eigenvalue weighted by molar-refractivity contribution is 0.317. The molecule has 1 rings (SSSR count). The van der Waals surface area contributed by atoms with E-state index in [-0.39, 0.29) is 5.96 Å². The van der Waals surface area contributed by atoms with Gasteiger partial charge in [0, 0.05) is 0 Å². The summed E-state index contributed by atoms with van der Waals surface area (Å²) in [6.07, 6.45) is 1.20. The summed E-state index contributed by atoms with van der Waals surface area (Å²) in [6.45, 7) is 0.